The number of nitrogens with zero attached hydrogens (tertiary/aromatic N) is 5. The molecule has 2 heterocycles. The van der Waals surface area contributed by atoms with Crippen LogP contribution >= 0.6 is 11.3 Å². The Morgan fingerprint density at radius 3 is 2.57 bits per heavy atom. The highest BCUT2D eigenvalue weighted by molar-refractivity contribution is 7.10. The Bertz CT molecular complexity index is 1910. The van der Waals surface area contributed by atoms with Gasteiger partial charge in [-0.05, 0) is 79.5 Å². The first-order valence-corrected chi connectivity index (χ1v) is 16.0. The number of esters is 1. The smallest absolute Gasteiger partial charge is 0.325 e. The van der Waals surface area contributed by atoms with Crippen LogP contribution in [-0.4, -0.2) is 38.9 Å². The number of hydrogen-bond acceptors (Lipinski definition) is 8. The Morgan fingerprint density at radius 1 is 1.17 bits per heavy atom. The summed E-state index contributed by atoms with van der Waals surface area (Å²) in [4.78, 5) is 16.9. The highest BCUT2D eigenvalue weighted by Gasteiger charge is 2.43. The number of aryl methyl sites for hydroxylation is 2. The third-order valence-electron chi connectivity index (χ3n) is 7.97. The average molecular weight is 658 g/mol. The summed E-state index contributed by atoms with van der Waals surface area (Å²) in [5, 5.41) is 31.1. The van der Waals surface area contributed by atoms with E-state index in [1.54, 1.807) is 43.8 Å². The van der Waals surface area contributed by atoms with Gasteiger partial charge in [0.1, 0.15) is 29.5 Å². The molecule has 12 heteroatoms. The monoisotopic (exact) mass is 657 g/mol. The van der Waals surface area contributed by atoms with E-state index in [-0.39, 0.29) is 24.6 Å². The molecule has 5 rings (SSSR count). The molecule has 2 unspecified atom stereocenters. The van der Waals surface area contributed by atoms with Crippen molar-refractivity contribution in [2.75, 3.05) is 13.1 Å². The first kappa shape index (κ1) is 33.5. The van der Waals surface area contributed by atoms with Crippen molar-refractivity contribution in [1.29, 1.82) is 5.26 Å². The topological polar surface area (TPSA) is 117 Å². The molecule has 9 nitrogen and oxygen atoms in total. The molecule has 0 aliphatic rings. The summed E-state index contributed by atoms with van der Waals surface area (Å²) in [7, 11) is 0. The van der Waals surface area contributed by atoms with Crippen molar-refractivity contribution in [3.05, 3.63) is 117 Å². The molecule has 2 N–H and O–H groups in total. The molecular weight excluding hydrogens is 622 g/mol. The van der Waals surface area contributed by atoms with Crippen LogP contribution in [0.2, 0.25) is 0 Å². The van der Waals surface area contributed by atoms with Gasteiger partial charge in [0, 0.05) is 27.5 Å². The van der Waals surface area contributed by atoms with Crippen molar-refractivity contribution in [1.82, 2.24) is 20.1 Å². The van der Waals surface area contributed by atoms with Gasteiger partial charge >= 0.3 is 5.97 Å². The molecule has 0 saturated carbocycles. The van der Waals surface area contributed by atoms with E-state index >= 15 is 4.39 Å². The standard InChI is InChI=1S/C35H35F2N6O3S/c1-5-39-16-32(44)46-33-22(2)12-26(13-23(33)3)17-42-20-40-43(21-42)19-35(45,29-14-28(36)10-11-30(29)37)24(4)34-41-31(18-47-34)27-8-6-25(15-38)7-9-27/h6-14,18,20-21,24,39,45H,5,16-17,19H2,1-4H3/q+1. The molecule has 0 fully saturated rings. The maximum atomic E-state index is 15.3. The van der Waals surface area contributed by atoms with E-state index < -0.39 is 23.2 Å². The Kier molecular flexibility index (Phi) is 10.2. The molecule has 2 atom stereocenters. The zero-order chi connectivity index (χ0) is 33.7. The SMILES string of the molecule is CCNCC(=O)Oc1c(C)cc(C[n+]2cnn(CC(O)(c3cc(F)ccc3F)C(C)c3nc(-c4ccc(C#N)cc4)cs3)c2)cc1C. The van der Waals surface area contributed by atoms with Crippen molar-refractivity contribution in [3.63, 3.8) is 0 Å². The number of carbonyl (C=O) groups excluding carboxylic acids is 1. The van der Waals surface area contributed by atoms with Crippen molar-refractivity contribution >= 4 is 17.3 Å². The summed E-state index contributed by atoms with van der Waals surface area (Å²) in [5.41, 5.74) is 2.39. The number of likely N-dealkylation sites (N-methyl/N-ethyl adjacent to an activating group) is 1. The van der Waals surface area contributed by atoms with Gasteiger partial charge < -0.3 is 15.2 Å². The highest BCUT2D eigenvalue weighted by Crippen LogP contribution is 2.41. The van der Waals surface area contributed by atoms with Crippen molar-refractivity contribution in [2.24, 2.45) is 0 Å². The van der Waals surface area contributed by atoms with E-state index in [4.69, 9.17) is 15.0 Å². The molecule has 0 aliphatic heterocycles. The molecule has 0 bridgehead atoms. The minimum atomic E-state index is -1.93. The normalized spacial score (nSPS) is 13.1. The lowest BCUT2D eigenvalue weighted by molar-refractivity contribution is -0.689. The summed E-state index contributed by atoms with van der Waals surface area (Å²) in [6.45, 7) is 8.41. The van der Waals surface area contributed by atoms with Crippen LogP contribution in [0.1, 0.15) is 52.6 Å². The second-order valence-electron chi connectivity index (χ2n) is 11.5. The molecule has 242 valence electrons. The fourth-order valence-corrected chi connectivity index (χ4v) is 6.45. The third-order valence-corrected chi connectivity index (χ3v) is 8.99. The van der Waals surface area contributed by atoms with Gasteiger partial charge in [-0.1, -0.05) is 26.0 Å². The van der Waals surface area contributed by atoms with Crippen LogP contribution in [0.25, 0.3) is 11.3 Å². The van der Waals surface area contributed by atoms with E-state index in [2.05, 4.69) is 16.5 Å². The molecular formula is C35H35F2N6O3S+. The number of rotatable bonds is 12. The van der Waals surface area contributed by atoms with E-state index in [1.807, 2.05) is 42.9 Å². The summed E-state index contributed by atoms with van der Waals surface area (Å²) < 4.78 is 38.6. The van der Waals surface area contributed by atoms with Crippen molar-refractivity contribution in [2.45, 2.75) is 52.3 Å². The second-order valence-corrected chi connectivity index (χ2v) is 12.3. The van der Waals surface area contributed by atoms with Gasteiger partial charge in [-0.15, -0.1) is 16.0 Å². The second kappa shape index (κ2) is 14.3. The predicted octanol–water partition coefficient (Wildman–Crippen LogP) is 5.32. The summed E-state index contributed by atoms with van der Waals surface area (Å²) in [6.07, 6.45) is 3.28. The van der Waals surface area contributed by atoms with Crippen molar-refractivity contribution < 1.29 is 28.0 Å². The van der Waals surface area contributed by atoms with Crippen molar-refractivity contribution in [3.8, 4) is 23.1 Å². The molecule has 0 aliphatic carbocycles. The quantitative estimate of drug-likeness (QED) is 0.106. The number of benzene rings is 3. The Hall–Kier alpha value is -4.83. The van der Waals surface area contributed by atoms with Crippen LogP contribution in [-0.2, 0) is 23.5 Å². The minimum Gasteiger partial charge on any atom is -0.425 e. The van der Waals surface area contributed by atoms with Gasteiger partial charge in [0.15, 0.2) is 0 Å². The molecule has 0 amide bonds. The maximum Gasteiger partial charge on any atom is 0.325 e. The molecule has 2 aromatic heterocycles. The van der Waals surface area contributed by atoms with Crippen LogP contribution in [0, 0.1) is 36.8 Å². The van der Waals surface area contributed by atoms with E-state index in [9.17, 15) is 14.3 Å². The van der Waals surface area contributed by atoms with Crippen LogP contribution in [0.15, 0.2) is 72.6 Å². The first-order valence-electron chi connectivity index (χ1n) is 15.1. The lowest BCUT2D eigenvalue weighted by Crippen LogP contribution is -2.39. The lowest BCUT2D eigenvalue weighted by atomic mass is 9.82. The summed E-state index contributed by atoms with van der Waals surface area (Å²) in [6, 6.07) is 15.9. The first-order chi connectivity index (χ1) is 22.5. The minimum absolute atomic E-state index is 0.123. The lowest BCUT2D eigenvalue weighted by Gasteiger charge is -2.32. The van der Waals surface area contributed by atoms with Gasteiger partial charge in [-0.25, -0.2) is 18.3 Å². The molecule has 5 aromatic rings. The van der Waals surface area contributed by atoms with E-state index in [1.165, 1.54) is 16.0 Å². The predicted molar refractivity (Wildman–Crippen MR) is 173 cm³/mol. The molecule has 3 aromatic carbocycles. The van der Waals surface area contributed by atoms with Crippen LogP contribution in [0.4, 0.5) is 8.78 Å². The Balaban J connectivity index is 1.40. The van der Waals surface area contributed by atoms with Gasteiger partial charge in [-0.3, -0.25) is 4.79 Å². The number of aliphatic hydroxyl groups is 1. The molecule has 0 spiro atoms. The number of aromatic nitrogens is 4. The number of carbonyl (C=O) groups is 1. The van der Waals surface area contributed by atoms with Gasteiger partial charge in [-0.2, -0.15) is 5.26 Å². The van der Waals surface area contributed by atoms with Gasteiger partial charge in [0.25, 0.3) is 6.33 Å². The van der Waals surface area contributed by atoms with Gasteiger partial charge in [0.2, 0.25) is 6.33 Å². The Labute approximate surface area is 275 Å². The molecule has 0 radical (unpaired) electrons. The molecule has 47 heavy (non-hydrogen) atoms. The number of nitrogens with one attached hydrogen (secondary N) is 1. The largest absolute Gasteiger partial charge is 0.425 e. The van der Waals surface area contributed by atoms with Crippen LogP contribution in [0.5, 0.6) is 5.75 Å². The number of nitriles is 1. The average Bonchev–Trinajstić information content (AvgIpc) is 3.72. The van der Waals surface area contributed by atoms with Gasteiger partial charge in [0.05, 0.1) is 35.4 Å². The third kappa shape index (κ3) is 7.60. The number of halogens is 2. The summed E-state index contributed by atoms with van der Waals surface area (Å²) in [5.74, 6) is -2.02. The zero-order valence-corrected chi connectivity index (χ0v) is 27.3. The fourth-order valence-electron chi connectivity index (χ4n) is 5.48. The van der Waals surface area contributed by atoms with Crippen LogP contribution in [0.3, 0.4) is 0 Å². The number of thiazole rings is 1. The number of ether oxygens (including phenoxy) is 1. The number of hydrogen-bond donors (Lipinski definition) is 2. The zero-order valence-electron chi connectivity index (χ0n) is 26.5. The Morgan fingerprint density at radius 2 is 1.89 bits per heavy atom. The fraction of sp³-hybridized carbons (Fsp3) is 0.286. The molecule has 0 saturated heterocycles. The summed E-state index contributed by atoms with van der Waals surface area (Å²) >= 11 is 1.30. The van der Waals surface area contributed by atoms with E-state index in [0.717, 1.165) is 40.5 Å². The van der Waals surface area contributed by atoms with E-state index in [0.29, 0.717) is 35.1 Å². The maximum absolute atomic E-state index is 15.3. The van der Waals surface area contributed by atoms with Crippen LogP contribution < -0.4 is 14.6 Å². The highest BCUT2D eigenvalue weighted by atomic mass is 32.1.